The number of Topliss-reactive ketones (excluding diaryl/α,β-unsaturated/α-hetero) is 1. The summed E-state index contributed by atoms with van der Waals surface area (Å²) < 4.78 is 8.23. The molecule has 0 amide bonds. The van der Waals surface area contributed by atoms with Crippen LogP contribution in [0.25, 0.3) is 11.8 Å². The fourth-order valence-electron chi connectivity index (χ4n) is 10.0. The molecule has 10 heteroatoms. The van der Waals surface area contributed by atoms with Crippen molar-refractivity contribution in [3.05, 3.63) is 52.9 Å². The molecule has 1 N–H and O–H groups in total. The maximum absolute atomic E-state index is 13.9. The van der Waals surface area contributed by atoms with E-state index in [0.29, 0.717) is 24.8 Å². The van der Waals surface area contributed by atoms with Crippen LogP contribution in [0.1, 0.15) is 93.3 Å². The number of thioether (sulfide) groups is 2. The standard InChI is InChI=1S/C38H45N3O5S2/c1-36-20-25-22-40-41(27-7-4-6-24(18-27)31(42)8-5-16-47-3)30(25)19-26(36)11-12-28-29-13-14-38(35(45)48-17-15-39,46-34(44)23-9-10-23)37(29,2)21-32(43)33(28)36/h4,6-7,18-19,22-23,28-29,32-33,43H,5,8-14,16-17,20-21H2,1-3H3/t28-,29-,32-,33+,36-,37-,38-/m0/s1. The summed E-state index contributed by atoms with van der Waals surface area (Å²) in [7, 11) is 0. The Hall–Kier alpha value is -2.87. The molecule has 0 spiro atoms. The Balaban J connectivity index is 1.17. The van der Waals surface area contributed by atoms with Crippen LogP contribution in [0.5, 0.6) is 0 Å². The smallest absolute Gasteiger partial charge is 0.309 e. The number of esters is 1. The Labute approximate surface area is 291 Å². The van der Waals surface area contributed by atoms with Crippen LogP contribution >= 0.6 is 23.5 Å². The van der Waals surface area contributed by atoms with Crippen LogP contribution in [0.2, 0.25) is 0 Å². The maximum Gasteiger partial charge on any atom is 0.309 e. The number of hydrogen-bond donors (Lipinski definition) is 1. The number of carbonyl (C=O) groups is 3. The first kappa shape index (κ1) is 33.6. The lowest BCUT2D eigenvalue weighted by Crippen LogP contribution is -2.62. The van der Waals surface area contributed by atoms with E-state index in [0.717, 1.165) is 79.4 Å². The fraction of sp³-hybridized carbons (Fsp3) is 0.605. The van der Waals surface area contributed by atoms with Gasteiger partial charge in [-0.25, -0.2) is 4.68 Å². The van der Waals surface area contributed by atoms with Gasteiger partial charge in [0.1, 0.15) is 0 Å². The van der Waals surface area contributed by atoms with Crippen LogP contribution in [0.3, 0.4) is 0 Å². The maximum atomic E-state index is 13.9. The Bertz CT molecular complexity index is 1710. The molecule has 7 rings (SSSR count). The molecule has 0 saturated heterocycles. The molecule has 48 heavy (non-hydrogen) atoms. The Morgan fingerprint density at radius 1 is 1.19 bits per heavy atom. The van der Waals surface area contributed by atoms with E-state index in [-0.39, 0.29) is 51.7 Å². The van der Waals surface area contributed by atoms with E-state index in [1.165, 1.54) is 5.57 Å². The van der Waals surface area contributed by atoms with Crippen molar-refractivity contribution in [2.45, 2.75) is 89.8 Å². The number of ether oxygens (including phenoxy) is 1. The molecular weight excluding hydrogens is 643 g/mol. The first-order valence-corrected chi connectivity index (χ1v) is 19.8. The van der Waals surface area contributed by atoms with E-state index < -0.39 is 17.1 Å². The van der Waals surface area contributed by atoms with Gasteiger partial charge in [0, 0.05) is 17.4 Å². The molecule has 4 fully saturated rings. The van der Waals surface area contributed by atoms with Crippen molar-refractivity contribution >= 4 is 46.5 Å². The molecular formula is C38H45N3O5S2. The minimum absolute atomic E-state index is 0.00824. The summed E-state index contributed by atoms with van der Waals surface area (Å²) in [6.45, 7) is 4.35. The molecule has 8 nitrogen and oxygen atoms in total. The number of nitrogens with zero attached hydrogens (tertiary/aromatic N) is 3. The highest BCUT2D eigenvalue weighted by molar-refractivity contribution is 8.14. The van der Waals surface area contributed by atoms with Gasteiger partial charge in [0.2, 0.25) is 5.12 Å². The van der Waals surface area contributed by atoms with E-state index in [2.05, 4.69) is 32.2 Å². The zero-order chi connectivity index (χ0) is 33.8. The average molecular weight is 688 g/mol. The highest BCUT2D eigenvalue weighted by Gasteiger charge is 2.71. The third kappa shape index (κ3) is 5.39. The van der Waals surface area contributed by atoms with E-state index in [9.17, 15) is 24.8 Å². The number of aliphatic hydroxyl groups excluding tert-OH is 1. The minimum atomic E-state index is -1.33. The lowest BCUT2D eigenvalue weighted by Gasteiger charge is -2.60. The van der Waals surface area contributed by atoms with Crippen molar-refractivity contribution < 1.29 is 24.2 Å². The van der Waals surface area contributed by atoms with Crippen LogP contribution in [0.4, 0.5) is 0 Å². The molecule has 0 radical (unpaired) electrons. The van der Waals surface area contributed by atoms with Gasteiger partial charge in [-0.2, -0.15) is 22.1 Å². The van der Waals surface area contributed by atoms with Gasteiger partial charge in [-0.05, 0) is 117 Å². The van der Waals surface area contributed by atoms with Crippen LogP contribution in [-0.4, -0.2) is 61.2 Å². The largest absolute Gasteiger partial charge is 0.449 e. The summed E-state index contributed by atoms with van der Waals surface area (Å²) in [6.07, 6.45) is 12.6. The Morgan fingerprint density at radius 2 is 2.00 bits per heavy atom. The molecule has 0 bridgehead atoms. The zero-order valence-corrected chi connectivity index (χ0v) is 29.7. The highest BCUT2D eigenvalue weighted by atomic mass is 32.2. The summed E-state index contributed by atoms with van der Waals surface area (Å²) in [5, 5.41) is 26.0. The van der Waals surface area contributed by atoms with Gasteiger partial charge < -0.3 is 9.84 Å². The number of ketones is 1. The van der Waals surface area contributed by atoms with Crippen molar-refractivity contribution in [2.75, 3.05) is 17.8 Å². The first-order valence-electron chi connectivity index (χ1n) is 17.4. The van der Waals surface area contributed by atoms with Crippen molar-refractivity contribution in [3.8, 4) is 11.8 Å². The number of benzene rings is 1. The van der Waals surface area contributed by atoms with Crippen LogP contribution < -0.4 is 0 Å². The van der Waals surface area contributed by atoms with Gasteiger partial charge in [0.15, 0.2) is 11.4 Å². The summed E-state index contributed by atoms with van der Waals surface area (Å²) in [5.41, 5.74) is 2.74. The predicted molar refractivity (Wildman–Crippen MR) is 188 cm³/mol. The summed E-state index contributed by atoms with van der Waals surface area (Å²) in [5.74, 6) is 0.954. The van der Waals surface area contributed by atoms with Crippen LogP contribution in [0, 0.1) is 45.8 Å². The topological polar surface area (TPSA) is 122 Å². The molecule has 5 aliphatic rings. The second-order valence-electron chi connectivity index (χ2n) is 15.1. The average Bonchev–Trinajstić information content (AvgIpc) is 3.79. The molecule has 0 aliphatic heterocycles. The second kappa shape index (κ2) is 12.8. The molecule has 4 saturated carbocycles. The third-order valence-electron chi connectivity index (χ3n) is 12.5. The molecule has 0 unspecified atom stereocenters. The van der Waals surface area contributed by atoms with E-state index in [4.69, 9.17) is 9.84 Å². The SMILES string of the molecule is CSCCCC(=O)c1cccc(-n2ncc3c2C=C2CC[C@@H]4[C@H]([C@@H](O)C[C@@]5(C)[C@H]4CC[C@]5(OC(=O)C4CC4)C(=O)SCC#N)[C@@]2(C)C3)c1. The second-order valence-corrected chi connectivity index (χ2v) is 17.1. The number of aliphatic hydroxyl groups is 1. The van der Waals surface area contributed by atoms with Gasteiger partial charge >= 0.3 is 5.97 Å². The quantitative estimate of drug-likeness (QED) is 0.163. The highest BCUT2D eigenvalue weighted by Crippen LogP contribution is 2.69. The molecule has 5 aliphatic carbocycles. The number of carbonyl (C=O) groups excluding carboxylic acids is 3. The van der Waals surface area contributed by atoms with Gasteiger partial charge in [0.25, 0.3) is 0 Å². The molecule has 1 aromatic heterocycles. The zero-order valence-electron chi connectivity index (χ0n) is 28.1. The number of hydrogen-bond acceptors (Lipinski definition) is 9. The lowest BCUT2D eigenvalue weighted by atomic mass is 9.45. The normalized spacial score (nSPS) is 33.4. The predicted octanol–water partition coefficient (Wildman–Crippen LogP) is 6.83. The summed E-state index contributed by atoms with van der Waals surface area (Å²) in [6, 6.07) is 9.82. The number of allylic oxidation sites excluding steroid dienone is 1. The molecule has 254 valence electrons. The van der Waals surface area contributed by atoms with Crippen molar-refractivity contribution in [2.24, 2.45) is 34.5 Å². The number of nitriles is 1. The van der Waals surface area contributed by atoms with Crippen LogP contribution in [0.15, 0.2) is 36.0 Å². The van der Waals surface area contributed by atoms with Crippen LogP contribution in [-0.2, 0) is 20.7 Å². The summed E-state index contributed by atoms with van der Waals surface area (Å²) in [4.78, 5) is 40.0. The minimum Gasteiger partial charge on any atom is -0.449 e. The summed E-state index contributed by atoms with van der Waals surface area (Å²) >= 11 is 2.70. The number of aromatic nitrogens is 2. The first-order chi connectivity index (χ1) is 23.1. The van der Waals surface area contributed by atoms with Crippen molar-refractivity contribution in [1.29, 1.82) is 5.26 Å². The van der Waals surface area contributed by atoms with Crippen molar-refractivity contribution in [3.63, 3.8) is 0 Å². The fourth-order valence-corrected chi connectivity index (χ4v) is 11.3. The van der Waals surface area contributed by atoms with Gasteiger partial charge in [-0.15, -0.1) is 0 Å². The monoisotopic (exact) mass is 687 g/mol. The van der Waals surface area contributed by atoms with Crippen molar-refractivity contribution in [1.82, 2.24) is 9.78 Å². The van der Waals surface area contributed by atoms with E-state index in [1.54, 1.807) is 11.8 Å². The van der Waals surface area contributed by atoms with Gasteiger partial charge in [0.05, 0.1) is 41.4 Å². The lowest BCUT2D eigenvalue weighted by molar-refractivity contribution is -0.197. The molecule has 1 heterocycles. The number of fused-ring (bicyclic) bond motifs is 6. The van der Waals surface area contributed by atoms with Gasteiger partial charge in [-0.3, -0.25) is 14.4 Å². The Kier molecular flexibility index (Phi) is 8.95. The van der Waals surface area contributed by atoms with E-state index >= 15 is 0 Å². The number of rotatable bonds is 10. The molecule has 2 aromatic rings. The molecule has 1 aromatic carbocycles. The Morgan fingerprint density at radius 3 is 2.75 bits per heavy atom. The van der Waals surface area contributed by atoms with E-state index in [1.807, 2.05) is 35.1 Å². The molecule has 7 atom stereocenters. The third-order valence-corrected chi connectivity index (χ3v) is 14.1. The van der Waals surface area contributed by atoms with Gasteiger partial charge in [-0.1, -0.05) is 43.3 Å².